The van der Waals surface area contributed by atoms with E-state index in [2.05, 4.69) is 25.3 Å². The van der Waals surface area contributed by atoms with Crippen LogP contribution in [0.4, 0.5) is 11.5 Å². The van der Waals surface area contributed by atoms with Gasteiger partial charge in [0, 0.05) is 31.8 Å². The number of carbonyl (C=O) groups excluding carboxylic acids is 1. The number of H-pyrrole nitrogens is 1. The number of unbranched alkanes of at least 4 members (excludes halogenated alkanes) is 1. The molecule has 2 rings (SSSR count). The lowest BCUT2D eigenvalue weighted by atomic mass is 9.97. The summed E-state index contributed by atoms with van der Waals surface area (Å²) >= 11 is 0. The number of aromatic amines is 1. The molecule has 0 aromatic carbocycles. The van der Waals surface area contributed by atoms with Crippen LogP contribution < -0.4 is 5.32 Å². The molecule has 2 N–H and O–H groups in total. The Bertz CT molecular complexity index is 786. The maximum atomic E-state index is 11.7. The first-order chi connectivity index (χ1) is 13.3. The van der Waals surface area contributed by atoms with Gasteiger partial charge in [0.1, 0.15) is 17.8 Å². The van der Waals surface area contributed by atoms with Crippen LogP contribution in [-0.4, -0.2) is 44.0 Å². The van der Waals surface area contributed by atoms with Crippen molar-refractivity contribution in [2.24, 2.45) is 5.41 Å². The Kier molecular flexibility index (Phi) is 7.42. The summed E-state index contributed by atoms with van der Waals surface area (Å²) in [5.74, 6) is 0.696. The molecule has 0 aliphatic carbocycles. The highest BCUT2D eigenvalue weighted by molar-refractivity contribution is 5.75. The number of aryl methyl sites for hydroxylation is 2. The molecule has 10 nitrogen and oxygen atoms in total. The summed E-state index contributed by atoms with van der Waals surface area (Å²) in [6, 6.07) is 0. The van der Waals surface area contributed by atoms with Gasteiger partial charge < -0.3 is 15.0 Å². The van der Waals surface area contributed by atoms with Crippen LogP contribution in [-0.2, 0) is 22.4 Å². The zero-order valence-corrected chi connectivity index (χ0v) is 16.4. The molecule has 2 aromatic rings. The Morgan fingerprint density at radius 1 is 1.25 bits per heavy atom. The minimum absolute atomic E-state index is 0.117. The lowest BCUT2D eigenvalue weighted by Crippen LogP contribution is -2.23. The van der Waals surface area contributed by atoms with E-state index in [-0.39, 0.29) is 17.5 Å². The first-order valence-electron chi connectivity index (χ1n) is 9.16. The molecule has 10 heteroatoms. The molecule has 0 spiro atoms. The Hall–Kier alpha value is -3.04. The van der Waals surface area contributed by atoms with E-state index in [1.165, 1.54) is 6.33 Å². The summed E-state index contributed by atoms with van der Waals surface area (Å²) in [6.07, 6.45) is 6.88. The number of hydrogen-bond donors (Lipinski definition) is 2. The molecule has 28 heavy (non-hydrogen) atoms. The van der Waals surface area contributed by atoms with Gasteiger partial charge in [0.25, 0.3) is 0 Å². The maximum absolute atomic E-state index is 11.7. The predicted octanol–water partition coefficient (Wildman–Crippen LogP) is 2.67. The fourth-order valence-electron chi connectivity index (χ4n) is 2.41. The molecule has 0 amide bonds. The lowest BCUT2D eigenvalue weighted by molar-refractivity contribution is -0.385. The summed E-state index contributed by atoms with van der Waals surface area (Å²) in [6.45, 7) is 6.19. The van der Waals surface area contributed by atoms with E-state index < -0.39 is 10.3 Å². The number of anilines is 1. The van der Waals surface area contributed by atoms with Crippen LogP contribution in [0.5, 0.6) is 0 Å². The number of nitro groups is 1. The van der Waals surface area contributed by atoms with Crippen molar-refractivity contribution in [3.05, 3.63) is 40.4 Å². The second kappa shape index (κ2) is 9.77. The minimum Gasteiger partial charge on any atom is -0.465 e. The zero-order valence-electron chi connectivity index (χ0n) is 16.4. The average molecular weight is 390 g/mol. The van der Waals surface area contributed by atoms with E-state index in [1.807, 2.05) is 0 Å². The van der Waals surface area contributed by atoms with Crippen LogP contribution in [0.1, 0.15) is 45.1 Å². The number of esters is 1. The van der Waals surface area contributed by atoms with Crippen molar-refractivity contribution in [1.29, 1.82) is 0 Å². The van der Waals surface area contributed by atoms with Gasteiger partial charge in [-0.3, -0.25) is 14.9 Å². The quantitative estimate of drug-likeness (QED) is 0.273. The fourth-order valence-corrected chi connectivity index (χ4v) is 2.41. The average Bonchev–Trinajstić information content (AvgIpc) is 3.15. The van der Waals surface area contributed by atoms with Crippen molar-refractivity contribution in [2.75, 3.05) is 18.5 Å². The maximum Gasteiger partial charge on any atom is 0.332 e. The highest BCUT2D eigenvalue weighted by Gasteiger charge is 2.23. The molecule has 0 fully saturated rings. The number of nitrogens with one attached hydrogen (secondary N) is 2. The lowest BCUT2D eigenvalue weighted by Gasteiger charge is -2.16. The zero-order chi connectivity index (χ0) is 20.6. The van der Waals surface area contributed by atoms with Gasteiger partial charge in [0.2, 0.25) is 5.82 Å². The van der Waals surface area contributed by atoms with Gasteiger partial charge in [-0.05, 0) is 33.6 Å². The van der Waals surface area contributed by atoms with E-state index in [0.29, 0.717) is 44.5 Å². The molecule has 0 bridgehead atoms. The fraction of sp³-hybridized carbons (Fsp3) is 0.556. The van der Waals surface area contributed by atoms with Crippen molar-refractivity contribution >= 4 is 17.5 Å². The first-order valence-corrected chi connectivity index (χ1v) is 9.16. The van der Waals surface area contributed by atoms with Crippen molar-refractivity contribution in [3.63, 3.8) is 0 Å². The molecule has 0 unspecified atom stereocenters. The molecule has 2 aromatic heterocycles. The van der Waals surface area contributed by atoms with Gasteiger partial charge in [-0.1, -0.05) is 0 Å². The summed E-state index contributed by atoms with van der Waals surface area (Å²) in [5, 5.41) is 14.5. The van der Waals surface area contributed by atoms with Crippen LogP contribution >= 0.6 is 0 Å². The number of carbonyl (C=O) groups is 1. The van der Waals surface area contributed by atoms with Crippen LogP contribution in [0, 0.1) is 15.5 Å². The third-order valence-electron chi connectivity index (χ3n) is 3.94. The molecule has 152 valence electrons. The second-order valence-corrected chi connectivity index (χ2v) is 7.33. The van der Waals surface area contributed by atoms with Crippen molar-refractivity contribution in [3.8, 4) is 0 Å². The van der Waals surface area contributed by atoms with E-state index in [1.54, 1.807) is 33.2 Å². The summed E-state index contributed by atoms with van der Waals surface area (Å²) < 4.78 is 5.20. The Balaban J connectivity index is 1.86. The van der Waals surface area contributed by atoms with E-state index in [0.717, 1.165) is 5.82 Å². The standard InChI is InChI=1S/C18H26N6O4/c1-18(2,3)17(25)28-11-5-4-8-21-16-15(24(26)27)13(22-12-23-16)6-7-14-19-9-10-20-14/h9-10,12H,4-8,11H2,1-3H3,(H,19,20)(H,21,22,23). The third kappa shape index (κ3) is 6.29. The summed E-state index contributed by atoms with van der Waals surface area (Å²) in [5.41, 5.74) is -0.280. The van der Waals surface area contributed by atoms with Gasteiger partial charge in [-0.15, -0.1) is 0 Å². The summed E-state index contributed by atoms with van der Waals surface area (Å²) in [7, 11) is 0. The van der Waals surface area contributed by atoms with Crippen LogP contribution in [0.3, 0.4) is 0 Å². The molecular formula is C18H26N6O4. The Morgan fingerprint density at radius 3 is 2.68 bits per heavy atom. The number of rotatable bonds is 10. The number of aromatic nitrogens is 4. The molecule has 0 saturated heterocycles. The normalized spacial score (nSPS) is 11.2. The van der Waals surface area contributed by atoms with E-state index >= 15 is 0 Å². The van der Waals surface area contributed by atoms with E-state index in [4.69, 9.17) is 4.74 Å². The van der Waals surface area contributed by atoms with Crippen molar-refractivity contribution < 1.29 is 14.5 Å². The number of hydrogen-bond acceptors (Lipinski definition) is 8. The molecule has 0 radical (unpaired) electrons. The number of imidazole rings is 1. The molecule has 0 aliphatic heterocycles. The van der Waals surface area contributed by atoms with Crippen LogP contribution in [0.15, 0.2) is 18.7 Å². The van der Waals surface area contributed by atoms with Gasteiger partial charge in [-0.2, -0.15) is 0 Å². The molecule has 2 heterocycles. The van der Waals surface area contributed by atoms with Gasteiger partial charge in [-0.25, -0.2) is 15.0 Å². The van der Waals surface area contributed by atoms with E-state index in [9.17, 15) is 14.9 Å². The highest BCUT2D eigenvalue weighted by atomic mass is 16.6. The van der Waals surface area contributed by atoms with Gasteiger partial charge in [0.15, 0.2) is 0 Å². The molecule has 0 saturated carbocycles. The van der Waals surface area contributed by atoms with Crippen LogP contribution in [0.2, 0.25) is 0 Å². The Labute approximate surface area is 163 Å². The smallest absolute Gasteiger partial charge is 0.332 e. The molecule has 0 aliphatic rings. The number of nitrogens with zero attached hydrogens (tertiary/aromatic N) is 4. The van der Waals surface area contributed by atoms with Gasteiger partial charge in [0.05, 0.1) is 16.9 Å². The monoisotopic (exact) mass is 390 g/mol. The van der Waals surface area contributed by atoms with Crippen LogP contribution in [0.25, 0.3) is 0 Å². The second-order valence-electron chi connectivity index (χ2n) is 7.33. The SMILES string of the molecule is CC(C)(C)C(=O)OCCCCNc1ncnc(CCc2ncc[nH]2)c1[N+](=O)[O-]. The number of ether oxygens (including phenoxy) is 1. The largest absolute Gasteiger partial charge is 0.465 e. The minimum atomic E-state index is -0.522. The molecular weight excluding hydrogens is 364 g/mol. The van der Waals surface area contributed by atoms with Crippen molar-refractivity contribution in [1.82, 2.24) is 19.9 Å². The summed E-state index contributed by atoms with van der Waals surface area (Å²) in [4.78, 5) is 37.9. The topological polar surface area (TPSA) is 136 Å². The highest BCUT2D eigenvalue weighted by Crippen LogP contribution is 2.25. The van der Waals surface area contributed by atoms with Crippen molar-refractivity contribution in [2.45, 2.75) is 46.5 Å². The van der Waals surface area contributed by atoms with Gasteiger partial charge >= 0.3 is 11.7 Å². The first kappa shape index (κ1) is 21.3. The molecule has 0 atom stereocenters. The third-order valence-corrected chi connectivity index (χ3v) is 3.94. The predicted molar refractivity (Wildman–Crippen MR) is 103 cm³/mol. The Morgan fingerprint density at radius 2 is 2.04 bits per heavy atom.